The van der Waals surface area contributed by atoms with E-state index in [1.165, 1.54) is 24.2 Å². The Morgan fingerprint density at radius 1 is 1.54 bits per heavy atom. The molecule has 26 heavy (non-hydrogen) atoms. The molecule has 2 saturated carbocycles. The van der Waals surface area contributed by atoms with Gasteiger partial charge >= 0.3 is 5.97 Å². The third-order valence-electron chi connectivity index (χ3n) is 6.64. The van der Waals surface area contributed by atoms with Crippen LogP contribution in [0.15, 0.2) is 28.7 Å². The predicted octanol–water partition coefficient (Wildman–Crippen LogP) is 2.86. The van der Waals surface area contributed by atoms with Gasteiger partial charge in [0.15, 0.2) is 5.16 Å². The van der Waals surface area contributed by atoms with Crippen LogP contribution in [0.3, 0.4) is 0 Å². The van der Waals surface area contributed by atoms with Gasteiger partial charge in [-0.15, -0.1) is 6.58 Å². The molecule has 0 amide bonds. The SMILES string of the molecule is C=CCn1c(N)cc(=O)nc1SCC(=O)O[C@@H]1C[C@@H]2CC[C@]1(C)C2(C)C. The van der Waals surface area contributed by atoms with Gasteiger partial charge in [0.2, 0.25) is 0 Å². The molecule has 0 radical (unpaired) electrons. The first kappa shape index (κ1) is 19.0. The Balaban J connectivity index is 1.66. The van der Waals surface area contributed by atoms with Crippen LogP contribution in [0.25, 0.3) is 0 Å². The van der Waals surface area contributed by atoms with Gasteiger partial charge in [-0.1, -0.05) is 38.6 Å². The molecule has 1 aromatic heterocycles. The minimum atomic E-state index is -0.416. The first-order chi connectivity index (χ1) is 12.2. The average Bonchev–Trinajstić information content (AvgIpc) is 2.89. The molecule has 2 N–H and O–H groups in total. The highest BCUT2D eigenvalue weighted by Crippen LogP contribution is 2.66. The van der Waals surface area contributed by atoms with Crippen molar-refractivity contribution in [2.45, 2.75) is 57.8 Å². The summed E-state index contributed by atoms with van der Waals surface area (Å²) in [5.41, 5.74) is 5.70. The third-order valence-corrected chi connectivity index (χ3v) is 7.59. The number of aromatic nitrogens is 2. The lowest BCUT2D eigenvalue weighted by Gasteiger charge is -2.38. The van der Waals surface area contributed by atoms with Crippen LogP contribution in [0.4, 0.5) is 5.82 Å². The monoisotopic (exact) mass is 377 g/mol. The standard InChI is InChI=1S/C19H27N3O3S/c1-5-8-22-14(20)10-15(23)21-17(22)26-11-16(24)25-13-9-12-6-7-19(13,4)18(12,2)3/h5,10,12-13H,1,6-9,11,20H2,2-4H3/t12-,13+,19-/m0/s1. The van der Waals surface area contributed by atoms with Crippen LogP contribution in [0.5, 0.6) is 0 Å². The largest absolute Gasteiger partial charge is 0.461 e. The smallest absolute Gasteiger partial charge is 0.316 e. The topological polar surface area (TPSA) is 87.2 Å². The molecule has 1 heterocycles. The number of anilines is 1. The Morgan fingerprint density at radius 2 is 2.27 bits per heavy atom. The molecule has 0 aliphatic heterocycles. The van der Waals surface area contributed by atoms with Crippen LogP contribution < -0.4 is 11.3 Å². The van der Waals surface area contributed by atoms with Crippen molar-refractivity contribution in [1.29, 1.82) is 0 Å². The fourth-order valence-electron chi connectivity index (χ4n) is 4.55. The molecule has 3 atom stereocenters. The van der Waals surface area contributed by atoms with Crippen LogP contribution in [0, 0.1) is 16.7 Å². The van der Waals surface area contributed by atoms with Crippen molar-refractivity contribution < 1.29 is 9.53 Å². The minimum Gasteiger partial charge on any atom is -0.461 e. The van der Waals surface area contributed by atoms with Gasteiger partial charge in [0.25, 0.3) is 5.56 Å². The van der Waals surface area contributed by atoms with E-state index in [9.17, 15) is 9.59 Å². The number of carbonyl (C=O) groups excluding carboxylic acids is 1. The number of hydrogen-bond donors (Lipinski definition) is 1. The average molecular weight is 378 g/mol. The first-order valence-electron chi connectivity index (χ1n) is 8.99. The molecule has 0 saturated heterocycles. The van der Waals surface area contributed by atoms with Crippen molar-refractivity contribution in [2.75, 3.05) is 11.5 Å². The number of nitrogen functional groups attached to an aromatic ring is 1. The van der Waals surface area contributed by atoms with E-state index in [1.807, 2.05) is 0 Å². The van der Waals surface area contributed by atoms with Gasteiger partial charge in [0.05, 0.1) is 5.75 Å². The zero-order chi connectivity index (χ0) is 19.1. The maximum Gasteiger partial charge on any atom is 0.316 e. The summed E-state index contributed by atoms with van der Waals surface area (Å²) in [5.74, 6) is 0.755. The number of carbonyl (C=O) groups is 1. The lowest BCUT2D eigenvalue weighted by atomic mass is 9.70. The lowest BCUT2D eigenvalue weighted by molar-refractivity contribution is -0.153. The van der Waals surface area contributed by atoms with Gasteiger partial charge in [0, 0.05) is 18.0 Å². The molecule has 1 aromatic rings. The normalized spacial score (nSPS) is 28.9. The number of thioether (sulfide) groups is 1. The van der Waals surface area contributed by atoms with E-state index >= 15 is 0 Å². The zero-order valence-corrected chi connectivity index (χ0v) is 16.5. The van der Waals surface area contributed by atoms with Crippen LogP contribution in [0.1, 0.15) is 40.0 Å². The lowest BCUT2D eigenvalue weighted by Crippen LogP contribution is -2.38. The van der Waals surface area contributed by atoms with Crippen LogP contribution in [0.2, 0.25) is 0 Å². The summed E-state index contributed by atoms with van der Waals surface area (Å²) in [7, 11) is 0. The maximum atomic E-state index is 12.4. The molecular formula is C19H27N3O3S. The van der Waals surface area contributed by atoms with Crippen molar-refractivity contribution in [1.82, 2.24) is 9.55 Å². The van der Waals surface area contributed by atoms with Crippen molar-refractivity contribution in [3.05, 3.63) is 29.1 Å². The fraction of sp³-hybridized carbons (Fsp3) is 0.632. The quantitative estimate of drug-likeness (QED) is 0.355. The molecule has 0 aromatic carbocycles. The molecule has 142 valence electrons. The number of ether oxygens (including phenoxy) is 1. The van der Waals surface area contributed by atoms with Gasteiger partial charge in [-0.25, -0.2) is 0 Å². The molecule has 0 spiro atoms. The summed E-state index contributed by atoms with van der Waals surface area (Å²) in [6, 6.07) is 1.27. The van der Waals surface area contributed by atoms with Crippen LogP contribution in [-0.2, 0) is 16.1 Å². The van der Waals surface area contributed by atoms with Gasteiger partial charge < -0.3 is 15.0 Å². The van der Waals surface area contributed by atoms with E-state index < -0.39 is 5.56 Å². The van der Waals surface area contributed by atoms with E-state index in [0.717, 1.165) is 12.8 Å². The maximum absolute atomic E-state index is 12.4. The number of esters is 1. The van der Waals surface area contributed by atoms with E-state index in [0.29, 0.717) is 23.4 Å². The van der Waals surface area contributed by atoms with Gasteiger partial charge in [-0.3, -0.25) is 9.59 Å². The Hall–Kier alpha value is -1.76. The Morgan fingerprint density at radius 3 is 2.85 bits per heavy atom. The first-order valence-corrected chi connectivity index (χ1v) is 9.98. The van der Waals surface area contributed by atoms with Crippen LogP contribution in [-0.4, -0.2) is 27.4 Å². The number of rotatable bonds is 6. The Kier molecular flexibility index (Phi) is 4.94. The molecule has 7 heteroatoms. The summed E-state index contributed by atoms with van der Waals surface area (Å²) in [6.45, 7) is 10.9. The number of nitrogens with zero attached hydrogens (tertiary/aromatic N) is 2. The fourth-order valence-corrected chi connectivity index (χ4v) is 5.35. The molecule has 2 aliphatic carbocycles. The summed E-state index contributed by atoms with van der Waals surface area (Å²) in [6.07, 6.45) is 4.90. The highest BCUT2D eigenvalue weighted by atomic mass is 32.2. The van der Waals surface area contributed by atoms with Gasteiger partial charge in [0.1, 0.15) is 11.9 Å². The second-order valence-corrected chi connectivity index (χ2v) is 9.02. The van der Waals surface area contributed by atoms with Gasteiger partial charge in [-0.2, -0.15) is 4.98 Å². The Bertz CT molecular complexity index is 789. The summed E-state index contributed by atoms with van der Waals surface area (Å²) >= 11 is 1.18. The minimum absolute atomic E-state index is 0.0338. The molecule has 2 bridgehead atoms. The van der Waals surface area contributed by atoms with Gasteiger partial charge in [-0.05, 0) is 30.6 Å². The van der Waals surface area contributed by atoms with Crippen molar-refractivity contribution in [3.63, 3.8) is 0 Å². The molecule has 0 unspecified atom stereocenters. The van der Waals surface area contributed by atoms with Crippen LogP contribution >= 0.6 is 11.8 Å². The highest BCUT2D eigenvalue weighted by molar-refractivity contribution is 7.99. The Labute approximate surface area is 158 Å². The summed E-state index contributed by atoms with van der Waals surface area (Å²) in [4.78, 5) is 28.0. The number of allylic oxidation sites excluding steroid dienone is 1. The van der Waals surface area contributed by atoms with Crippen molar-refractivity contribution in [3.8, 4) is 0 Å². The van der Waals surface area contributed by atoms with E-state index in [1.54, 1.807) is 10.6 Å². The second-order valence-electron chi connectivity index (χ2n) is 8.08. The van der Waals surface area contributed by atoms with Crippen molar-refractivity contribution in [2.24, 2.45) is 16.7 Å². The second kappa shape index (κ2) is 6.76. The molecular weight excluding hydrogens is 350 g/mol. The van der Waals surface area contributed by atoms with E-state index in [4.69, 9.17) is 10.5 Å². The zero-order valence-electron chi connectivity index (χ0n) is 15.7. The number of fused-ring (bicyclic) bond motifs is 2. The van der Waals surface area contributed by atoms with Crippen molar-refractivity contribution >= 4 is 23.5 Å². The summed E-state index contributed by atoms with van der Waals surface area (Å²) < 4.78 is 7.50. The molecule has 2 aliphatic rings. The third kappa shape index (κ3) is 3.06. The number of nitrogens with two attached hydrogens (primary N) is 1. The summed E-state index contributed by atoms with van der Waals surface area (Å²) in [5, 5.41) is 0.409. The predicted molar refractivity (Wildman–Crippen MR) is 103 cm³/mol. The molecule has 2 fully saturated rings. The van der Waals surface area contributed by atoms with E-state index in [2.05, 4.69) is 32.3 Å². The highest BCUT2D eigenvalue weighted by Gasteiger charge is 2.62. The molecule has 6 nitrogen and oxygen atoms in total. The van der Waals surface area contributed by atoms with E-state index in [-0.39, 0.29) is 28.7 Å². The number of hydrogen-bond acceptors (Lipinski definition) is 6. The molecule has 3 rings (SSSR count).